The molecule has 3 heteroatoms. The molecule has 0 bridgehead atoms. The lowest BCUT2D eigenvalue weighted by atomic mass is 10.3. The lowest BCUT2D eigenvalue weighted by molar-refractivity contribution is 0.258. The molecule has 2 nitrogen and oxygen atoms in total. The molecule has 1 heterocycles. The van der Waals surface area contributed by atoms with E-state index in [0.717, 1.165) is 18.6 Å². The predicted molar refractivity (Wildman–Crippen MR) is 59.1 cm³/mol. The van der Waals surface area contributed by atoms with E-state index >= 15 is 0 Å². The molecule has 0 aromatic heterocycles. The molecule has 0 radical (unpaired) electrons. The summed E-state index contributed by atoms with van der Waals surface area (Å²) in [4.78, 5) is 0. The molecule has 0 spiro atoms. The zero-order chi connectivity index (χ0) is 9.64. The van der Waals surface area contributed by atoms with Crippen LogP contribution in [0.3, 0.4) is 0 Å². The first kappa shape index (κ1) is 9.74. The Hall–Kier alpha value is -0.803. The molecular formula is C11H16O2Si. The molecule has 1 aromatic rings. The van der Waals surface area contributed by atoms with Crippen LogP contribution in [0, 0.1) is 0 Å². The quantitative estimate of drug-likeness (QED) is 0.709. The van der Waals surface area contributed by atoms with E-state index in [2.05, 4.69) is 0 Å². The number of ether oxygens (including phenoxy) is 1. The van der Waals surface area contributed by atoms with Crippen molar-refractivity contribution >= 4 is 9.04 Å². The van der Waals surface area contributed by atoms with Gasteiger partial charge in [-0.2, -0.15) is 0 Å². The van der Waals surface area contributed by atoms with Crippen LogP contribution in [-0.2, 0) is 4.43 Å². The summed E-state index contributed by atoms with van der Waals surface area (Å²) in [6.07, 6.45) is 3.38. The second kappa shape index (κ2) is 5.17. The fraction of sp³-hybridized carbons (Fsp3) is 0.455. The van der Waals surface area contributed by atoms with E-state index in [1.54, 1.807) is 0 Å². The van der Waals surface area contributed by atoms with Crippen molar-refractivity contribution in [3.8, 4) is 5.75 Å². The summed E-state index contributed by atoms with van der Waals surface area (Å²) >= 11 is 0. The summed E-state index contributed by atoms with van der Waals surface area (Å²) in [5.74, 6) is 0.967. The molecule has 76 valence electrons. The van der Waals surface area contributed by atoms with Crippen molar-refractivity contribution in [1.82, 2.24) is 0 Å². The highest BCUT2D eigenvalue weighted by molar-refractivity contribution is 6.51. The topological polar surface area (TPSA) is 18.5 Å². The Bertz CT molecular complexity index is 257. The average Bonchev–Trinajstić information content (AvgIpc) is 2.29. The summed E-state index contributed by atoms with van der Waals surface area (Å²) < 4.78 is 11.4. The van der Waals surface area contributed by atoms with E-state index in [-0.39, 0.29) is 0 Å². The van der Waals surface area contributed by atoms with E-state index in [0.29, 0.717) is 0 Å². The molecule has 0 N–H and O–H groups in total. The van der Waals surface area contributed by atoms with E-state index in [1.807, 2.05) is 30.3 Å². The largest absolute Gasteiger partial charge is 0.495 e. The van der Waals surface area contributed by atoms with Gasteiger partial charge in [-0.1, -0.05) is 24.6 Å². The third-order valence-corrected chi connectivity index (χ3v) is 4.75. The molecule has 1 fully saturated rings. The number of benzene rings is 1. The average molecular weight is 208 g/mol. The fourth-order valence-electron chi connectivity index (χ4n) is 1.64. The molecule has 1 aliphatic heterocycles. The normalized spacial score (nSPS) is 21.9. The minimum atomic E-state index is -1.02. The Morgan fingerprint density at radius 2 is 2.07 bits per heavy atom. The minimum absolute atomic E-state index is 0.823. The first-order valence-electron chi connectivity index (χ1n) is 5.24. The number of hydrogen-bond acceptors (Lipinski definition) is 2. The Kier molecular flexibility index (Phi) is 3.60. The second-order valence-electron chi connectivity index (χ2n) is 3.61. The van der Waals surface area contributed by atoms with Gasteiger partial charge in [0, 0.05) is 6.61 Å². The third-order valence-electron chi connectivity index (χ3n) is 2.45. The van der Waals surface area contributed by atoms with Crippen molar-refractivity contribution in [2.75, 3.05) is 12.8 Å². The SMILES string of the molecule is c1ccc(OC[SiH]2CCCCO2)cc1. The molecule has 1 aromatic carbocycles. The summed E-state index contributed by atoms with van der Waals surface area (Å²) in [7, 11) is -1.02. The maximum absolute atomic E-state index is 5.71. The molecule has 14 heavy (non-hydrogen) atoms. The van der Waals surface area contributed by atoms with Gasteiger partial charge in [0.2, 0.25) is 9.04 Å². The van der Waals surface area contributed by atoms with Crippen LogP contribution < -0.4 is 4.74 Å². The van der Waals surface area contributed by atoms with Gasteiger partial charge in [-0.25, -0.2) is 0 Å². The summed E-state index contributed by atoms with van der Waals surface area (Å²) in [5, 5.41) is 0. The van der Waals surface area contributed by atoms with Crippen LogP contribution in [0.2, 0.25) is 6.04 Å². The third kappa shape index (κ3) is 2.85. The van der Waals surface area contributed by atoms with Crippen LogP contribution in [0.25, 0.3) is 0 Å². The smallest absolute Gasteiger partial charge is 0.215 e. The van der Waals surface area contributed by atoms with Gasteiger partial charge in [-0.05, 0) is 24.6 Å². The van der Waals surface area contributed by atoms with Crippen molar-refractivity contribution < 1.29 is 9.16 Å². The van der Waals surface area contributed by atoms with E-state index < -0.39 is 9.04 Å². The molecule has 0 amide bonds. The van der Waals surface area contributed by atoms with Gasteiger partial charge < -0.3 is 9.16 Å². The Labute approximate surface area is 86.6 Å². The van der Waals surface area contributed by atoms with Crippen molar-refractivity contribution in [2.45, 2.75) is 18.9 Å². The van der Waals surface area contributed by atoms with Crippen LogP contribution in [0.15, 0.2) is 30.3 Å². The van der Waals surface area contributed by atoms with Crippen molar-refractivity contribution in [3.63, 3.8) is 0 Å². The Morgan fingerprint density at radius 1 is 1.21 bits per heavy atom. The maximum atomic E-state index is 5.71. The maximum Gasteiger partial charge on any atom is 0.215 e. The zero-order valence-electron chi connectivity index (χ0n) is 8.32. The van der Waals surface area contributed by atoms with Crippen LogP contribution in [0.5, 0.6) is 5.75 Å². The molecule has 2 rings (SSSR count). The van der Waals surface area contributed by atoms with Crippen LogP contribution >= 0.6 is 0 Å². The standard InChI is InChI=1S/C11H16O2Si/c1-2-6-11(7-3-1)12-10-14-9-5-4-8-13-14/h1-3,6-7,14H,4-5,8-10H2. The van der Waals surface area contributed by atoms with Crippen LogP contribution in [0.4, 0.5) is 0 Å². The van der Waals surface area contributed by atoms with Gasteiger partial charge in [0.1, 0.15) is 12.0 Å². The second-order valence-corrected chi connectivity index (χ2v) is 6.10. The van der Waals surface area contributed by atoms with Crippen molar-refractivity contribution in [3.05, 3.63) is 30.3 Å². The molecule has 1 aliphatic rings. The van der Waals surface area contributed by atoms with Gasteiger partial charge in [-0.15, -0.1) is 0 Å². The summed E-state index contributed by atoms with van der Waals surface area (Å²) in [6.45, 7) is 0.953. The number of para-hydroxylation sites is 1. The zero-order valence-corrected chi connectivity index (χ0v) is 9.47. The molecule has 1 unspecified atom stereocenters. The lowest BCUT2D eigenvalue weighted by Gasteiger charge is -2.21. The van der Waals surface area contributed by atoms with E-state index in [4.69, 9.17) is 9.16 Å². The number of hydrogen-bond donors (Lipinski definition) is 0. The Balaban J connectivity index is 1.76. The van der Waals surface area contributed by atoms with Gasteiger partial charge in [0.25, 0.3) is 0 Å². The fourth-order valence-corrected chi connectivity index (χ4v) is 3.70. The van der Waals surface area contributed by atoms with Crippen LogP contribution in [-0.4, -0.2) is 21.9 Å². The van der Waals surface area contributed by atoms with Gasteiger partial charge in [-0.3, -0.25) is 0 Å². The monoisotopic (exact) mass is 208 g/mol. The number of rotatable bonds is 3. The summed E-state index contributed by atoms with van der Waals surface area (Å²) in [6, 6.07) is 11.3. The highest BCUT2D eigenvalue weighted by atomic mass is 28.3. The summed E-state index contributed by atoms with van der Waals surface area (Å²) in [5.41, 5.74) is 0. The lowest BCUT2D eigenvalue weighted by Crippen LogP contribution is -2.30. The van der Waals surface area contributed by atoms with Crippen molar-refractivity contribution in [1.29, 1.82) is 0 Å². The highest BCUT2D eigenvalue weighted by Gasteiger charge is 2.16. The van der Waals surface area contributed by atoms with Gasteiger partial charge in [0.15, 0.2) is 0 Å². The molecule has 0 saturated carbocycles. The van der Waals surface area contributed by atoms with E-state index in [1.165, 1.54) is 18.9 Å². The molecule has 1 atom stereocenters. The van der Waals surface area contributed by atoms with E-state index in [9.17, 15) is 0 Å². The van der Waals surface area contributed by atoms with Crippen LogP contribution in [0.1, 0.15) is 12.8 Å². The van der Waals surface area contributed by atoms with Gasteiger partial charge >= 0.3 is 0 Å². The Morgan fingerprint density at radius 3 is 2.79 bits per heavy atom. The molecule has 0 aliphatic carbocycles. The predicted octanol–water partition coefficient (Wildman–Crippen LogP) is 2.14. The first-order chi connectivity index (χ1) is 6.95. The molecular weight excluding hydrogens is 192 g/mol. The van der Waals surface area contributed by atoms with Crippen molar-refractivity contribution in [2.24, 2.45) is 0 Å². The molecule has 1 saturated heterocycles. The van der Waals surface area contributed by atoms with Gasteiger partial charge in [0.05, 0.1) is 0 Å². The first-order valence-corrected chi connectivity index (χ1v) is 7.35. The minimum Gasteiger partial charge on any atom is -0.495 e. The highest BCUT2D eigenvalue weighted by Crippen LogP contribution is 2.13.